The number of pyridine rings is 2. The Morgan fingerprint density at radius 1 is 1.09 bits per heavy atom. The van der Waals surface area contributed by atoms with E-state index >= 15 is 0 Å². The van der Waals surface area contributed by atoms with Crippen LogP contribution in [-0.2, 0) is 4.79 Å². The Balaban J connectivity index is 1.52. The third-order valence-corrected chi connectivity index (χ3v) is 5.33. The van der Waals surface area contributed by atoms with Gasteiger partial charge in [0.15, 0.2) is 11.0 Å². The van der Waals surface area contributed by atoms with Crippen LogP contribution in [0.15, 0.2) is 83.6 Å². The molecular formula is C23H21N7O2S. The van der Waals surface area contributed by atoms with Crippen LogP contribution < -0.4 is 10.2 Å². The van der Waals surface area contributed by atoms with Crippen LogP contribution in [-0.4, -0.2) is 49.2 Å². The lowest BCUT2D eigenvalue weighted by atomic mass is 10.2. The Bertz CT molecular complexity index is 1210. The normalized spacial score (nSPS) is 10.9. The van der Waals surface area contributed by atoms with Gasteiger partial charge in [-0.05, 0) is 61.0 Å². The van der Waals surface area contributed by atoms with E-state index in [1.165, 1.54) is 11.8 Å². The third kappa shape index (κ3) is 5.80. The molecule has 0 aliphatic rings. The van der Waals surface area contributed by atoms with E-state index in [0.29, 0.717) is 17.6 Å². The van der Waals surface area contributed by atoms with Crippen molar-refractivity contribution in [3.63, 3.8) is 0 Å². The molecule has 3 aromatic heterocycles. The van der Waals surface area contributed by atoms with Crippen molar-refractivity contribution in [1.29, 1.82) is 0 Å². The van der Waals surface area contributed by atoms with Crippen molar-refractivity contribution in [3.8, 4) is 22.8 Å². The van der Waals surface area contributed by atoms with Crippen LogP contribution in [0.3, 0.4) is 0 Å². The van der Waals surface area contributed by atoms with Gasteiger partial charge in [-0.25, -0.2) is 5.43 Å². The van der Waals surface area contributed by atoms with Crippen LogP contribution in [0.2, 0.25) is 0 Å². The lowest BCUT2D eigenvalue weighted by Gasteiger charge is -2.11. The molecule has 0 bridgehead atoms. The van der Waals surface area contributed by atoms with Crippen LogP contribution in [0.5, 0.6) is 5.75 Å². The second-order valence-electron chi connectivity index (χ2n) is 6.67. The van der Waals surface area contributed by atoms with Crippen LogP contribution in [0.25, 0.3) is 17.1 Å². The molecule has 9 nitrogen and oxygen atoms in total. The smallest absolute Gasteiger partial charge is 0.250 e. The van der Waals surface area contributed by atoms with Crippen molar-refractivity contribution in [2.75, 3.05) is 12.4 Å². The summed E-state index contributed by atoms with van der Waals surface area (Å²) < 4.78 is 7.44. The van der Waals surface area contributed by atoms with Crippen molar-refractivity contribution in [2.24, 2.45) is 5.10 Å². The van der Waals surface area contributed by atoms with Crippen molar-refractivity contribution < 1.29 is 9.53 Å². The summed E-state index contributed by atoms with van der Waals surface area (Å²) in [4.78, 5) is 20.4. The predicted octanol–water partition coefficient (Wildman–Crippen LogP) is 3.37. The number of benzene rings is 1. The van der Waals surface area contributed by atoms with Crippen molar-refractivity contribution in [3.05, 3.63) is 78.9 Å². The van der Waals surface area contributed by atoms with Gasteiger partial charge < -0.3 is 4.74 Å². The molecule has 10 heteroatoms. The van der Waals surface area contributed by atoms with E-state index in [1.54, 1.807) is 43.1 Å². The van der Waals surface area contributed by atoms with Gasteiger partial charge in [-0.1, -0.05) is 11.8 Å². The van der Waals surface area contributed by atoms with Crippen molar-refractivity contribution in [1.82, 2.24) is 30.2 Å². The quantitative estimate of drug-likeness (QED) is 0.232. The third-order valence-electron chi connectivity index (χ3n) is 4.40. The van der Waals surface area contributed by atoms with E-state index in [2.05, 4.69) is 30.7 Å². The van der Waals surface area contributed by atoms with Gasteiger partial charge in [0.25, 0.3) is 5.91 Å². The average Bonchev–Trinajstić information content (AvgIpc) is 3.29. The first kappa shape index (κ1) is 22.2. The summed E-state index contributed by atoms with van der Waals surface area (Å²) in [5.41, 5.74) is 5.03. The zero-order valence-corrected chi connectivity index (χ0v) is 18.6. The highest BCUT2D eigenvalue weighted by Gasteiger charge is 2.17. The Labute approximate surface area is 195 Å². The molecule has 0 aliphatic heterocycles. The molecule has 4 rings (SSSR count). The fraction of sp³-hybridized carbons (Fsp3) is 0.130. The van der Waals surface area contributed by atoms with Gasteiger partial charge in [-0.2, -0.15) is 5.10 Å². The van der Waals surface area contributed by atoms with E-state index in [0.717, 1.165) is 22.6 Å². The summed E-state index contributed by atoms with van der Waals surface area (Å²) in [6, 6.07) is 15.0. The number of carbonyl (C=O) groups is 1. The molecule has 166 valence electrons. The van der Waals surface area contributed by atoms with Crippen molar-refractivity contribution in [2.45, 2.75) is 12.1 Å². The van der Waals surface area contributed by atoms with Crippen molar-refractivity contribution >= 4 is 23.9 Å². The number of carbonyl (C=O) groups excluding carboxylic acids is 1. The summed E-state index contributed by atoms with van der Waals surface area (Å²) in [5, 5.41) is 13.2. The summed E-state index contributed by atoms with van der Waals surface area (Å²) in [7, 11) is 0. The number of thioether (sulfide) groups is 1. The number of hydrazone groups is 1. The van der Waals surface area contributed by atoms with E-state index in [4.69, 9.17) is 4.74 Å². The fourth-order valence-corrected chi connectivity index (χ4v) is 3.67. The van der Waals surface area contributed by atoms with Crippen LogP contribution in [0.4, 0.5) is 0 Å². The highest BCUT2D eigenvalue weighted by Crippen LogP contribution is 2.28. The number of rotatable bonds is 9. The van der Waals surface area contributed by atoms with Crippen LogP contribution in [0, 0.1) is 0 Å². The average molecular weight is 460 g/mol. The highest BCUT2D eigenvalue weighted by atomic mass is 32.2. The maximum atomic E-state index is 12.3. The van der Waals surface area contributed by atoms with E-state index in [1.807, 2.05) is 47.9 Å². The molecule has 1 aromatic carbocycles. The fourth-order valence-electron chi connectivity index (χ4n) is 2.93. The van der Waals surface area contributed by atoms with Gasteiger partial charge in [-0.15, -0.1) is 10.2 Å². The largest absolute Gasteiger partial charge is 0.494 e. The van der Waals surface area contributed by atoms with E-state index in [9.17, 15) is 4.79 Å². The number of hydrogen-bond donors (Lipinski definition) is 1. The lowest BCUT2D eigenvalue weighted by Crippen LogP contribution is -2.20. The summed E-state index contributed by atoms with van der Waals surface area (Å²) in [6.45, 7) is 2.53. The Morgan fingerprint density at radius 3 is 2.64 bits per heavy atom. The first-order chi connectivity index (χ1) is 16.2. The minimum absolute atomic E-state index is 0.121. The second-order valence-corrected chi connectivity index (χ2v) is 7.62. The molecule has 33 heavy (non-hydrogen) atoms. The lowest BCUT2D eigenvalue weighted by molar-refractivity contribution is -0.118. The minimum Gasteiger partial charge on any atom is -0.494 e. The molecule has 0 radical (unpaired) electrons. The molecule has 0 aliphatic carbocycles. The van der Waals surface area contributed by atoms with Gasteiger partial charge in [0.05, 0.1) is 18.6 Å². The monoisotopic (exact) mass is 459 g/mol. The van der Waals surface area contributed by atoms with Gasteiger partial charge in [0, 0.05) is 36.0 Å². The number of ether oxygens (including phenoxy) is 1. The van der Waals surface area contributed by atoms with Gasteiger partial charge >= 0.3 is 0 Å². The molecule has 0 saturated carbocycles. The topological polar surface area (TPSA) is 107 Å². The highest BCUT2D eigenvalue weighted by molar-refractivity contribution is 7.99. The maximum absolute atomic E-state index is 12.3. The Kier molecular flexibility index (Phi) is 7.39. The minimum atomic E-state index is -0.255. The molecule has 1 amide bonds. The molecule has 3 heterocycles. The molecule has 1 N–H and O–H groups in total. The van der Waals surface area contributed by atoms with Gasteiger partial charge in [-0.3, -0.25) is 19.3 Å². The zero-order valence-electron chi connectivity index (χ0n) is 17.8. The zero-order chi connectivity index (χ0) is 22.9. The second kappa shape index (κ2) is 11.0. The molecular weight excluding hydrogens is 438 g/mol. The molecule has 0 saturated heterocycles. The van der Waals surface area contributed by atoms with Gasteiger partial charge in [0.1, 0.15) is 5.75 Å². The molecule has 0 unspecified atom stereocenters. The van der Waals surface area contributed by atoms with Crippen LogP contribution >= 0.6 is 11.8 Å². The molecule has 0 fully saturated rings. The van der Waals surface area contributed by atoms with E-state index in [-0.39, 0.29) is 11.7 Å². The number of aromatic nitrogens is 5. The first-order valence-corrected chi connectivity index (χ1v) is 11.2. The first-order valence-electron chi connectivity index (χ1n) is 10.2. The standard InChI is InChI=1S/C23H21N7O2S/c1-2-32-20-7-5-19(6-8-20)30-22(18-4-3-11-25-15-18)28-29-23(30)33-16-21(31)27-26-14-17-9-12-24-13-10-17/h3-15H,2,16H2,1H3,(H,27,31). The van der Waals surface area contributed by atoms with E-state index < -0.39 is 0 Å². The summed E-state index contributed by atoms with van der Waals surface area (Å²) >= 11 is 1.27. The summed E-state index contributed by atoms with van der Waals surface area (Å²) in [6.07, 6.45) is 8.31. The predicted molar refractivity (Wildman–Crippen MR) is 126 cm³/mol. The molecule has 0 spiro atoms. The number of nitrogens with one attached hydrogen (secondary N) is 1. The number of nitrogens with zero attached hydrogens (tertiary/aromatic N) is 6. The van der Waals surface area contributed by atoms with Crippen LogP contribution in [0.1, 0.15) is 12.5 Å². The Morgan fingerprint density at radius 2 is 1.91 bits per heavy atom. The number of amides is 1. The molecule has 4 aromatic rings. The number of hydrogen-bond acceptors (Lipinski definition) is 8. The molecule has 0 atom stereocenters. The SMILES string of the molecule is CCOc1ccc(-n2c(SCC(=O)NN=Cc3ccncc3)nnc2-c2cccnc2)cc1. The summed E-state index contributed by atoms with van der Waals surface area (Å²) in [5.74, 6) is 1.27. The Hall–Kier alpha value is -4.05. The maximum Gasteiger partial charge on any atom is 0.250 e. The van der Waals surface area contributed by atoms with Gasteiger partial charge in [0.2, 0.25) is 0 Å².